The third-order valence-electron chi connectivity index (χ3n) is 11.3. The minimum absolute atomic E-state index is 0.107. The van der Waals surface area contributed by atoms with E-state index < -0.39 is 18.3 Å². The van der Waals surface area contributed by atoms with Crippen molar-refractivity contribution in [2.24, 2.45) is 0 Å². The summed E-state index contributed by atoms with van der Waals surface area (Å²) >= 11 is 0. The summed E-state index contributed by atoms with van der Waals surface area (Å²) in [6.45, 7) is 13.0. The maximum atomic E-state index is 6.46. The van der Waals surface area contributed by atoms with Gasteiger partial charge in [-0.3, -0.25) is 0 Å². The average molecular weight is 654 g/mol. The van der Waals surface area contributed by atoms with Crippen molar-refractivity contribution in [3.63, 3.8) is 0 Å². The average Bonchev–Trinajstić information content (AvgIpc) is 3.68. The molecule has 1 saturated heterocycles. The fraction of sp³-hybridized carbons (Fsp3) is 0.200. The molecule has 2 aliphatic rings. The van der Waals surface area contributed by atoms with E-state index in [0.717, 1.165) is 44.5 Å². The van der Waals surface area contributed by atoms with Gasteiger partial charge in [-0.05, 0) is 115 Å². The number of nitrogens with zero attached hydrogens (tertiary/aromatic N) is 1. The first-order chi connectivity index (χ1) is 24.0. The quantitative estimate of drug-likeness (QED) is 0.173. The summed E-state index contributed by atoms with van der Waals surface area (Å²) in [5.74, 6) is 0. The second-order valence-electron chi connectivity index (χ2n) is 15.3. The van der Waals surface area contributed by atoms with E-state index in [2.05, 4.69) is 180 Å². The second kappa shape index (κ2) is 11.0. The predicted octanol–water partition coefficient (Wildman–Crippen LogP) is 11.3. The number of hydrogen-bond acceptors (Lipinski definition) is 4. The molecule has 50 heavy (non-hydrogen) atoms. The monoisotopic (exact) mass is 653 g/mol. The van der Waals surface area contributed by atoms with Crippen molar-refractivity contribution in [2.45, 2.75) is 58.2 Å². The third kappa shape index (κ3) is 4.75. The Balaban J connectivity index is 1.16. The van der Waals surface area contributed by atoms with Gasteiger partial charge < -0.3 is 18.6 Å². The van der Waals surface area contributed by atoms with E-state index in [1.165, 1.54) is 33.4 Å². The molecule has 1 aliphatic carbocycles. The lowest BCUT2D eigenvalue weighted by atomic mass is 9.79. The second-order valence-corrected chi connectivity index (χ2v) is 15.3. The normalized spacial score (nSPS) is 16.9. The molecule has 0 bridgehead atoms. The molecule has 0 unspecified atom stereocenters. The highest BCUT2D eigenvalue weighted by molar-refractivity contribution is 6.62. The largest absolute Gasteiger partial charge is 0.494 e. The van der Waals surface area contributed by atoms with Crippen molar-refractivity contribution in [3.8, 4) is 22.3 Å². The Hall–Kier alpha value is -5.10. The lowest BCUT2D eigenvalue weighted by Crippen LogP contribution is -2.41. The van der Waals surface area contributed by atoms with Crippen LogP contribution in [0.25, 0.3) is 44.2 Å². The van der Waals surface area contributed by atoms with Crippen LogP contribution in [0.5, 0.6) is 0 Å². The molecule has 5 heteroatoms. The Bertz CT molecular complexity index is 2410. The molecule has 4 nitrogen and oxygen atoms in total. The van der Waals surface area contributed by atoms with Crippen LogP contribution >= 0.6 is 0 Å². The minimum Gasteiger partial charge on any atom is -0.456 e. The Morgan fingerprint density at radius 2 is 1.10 bits per heavy atom. The molecule has 9 rings (SSSR count). The van der Waals surface area contributed by atoms with Gasteiger partial charge in [-0.1, -0.05) is 98.8 Å². The number of fused-ring (bicyclic) bond motifs is 6. The Kier molecular flexibility index (Phi) is 6.77. The van der Waals surface area contributed by atoms with E-state index in [0.29, 0.717) is 0 Å². The van der Waals surface area contributed by atoms with Crippen LogP contribution in [0.1, 0.15) is 52.7 Å². The molecule has 2 heterocycles. The fourth-order valence-corrected chi connectivity index (χ4v) is 7.76. The first-order valence-corrected chi connectivity index (χ1v) is 17.5. The van der Waals surface area contributed by atoms with Gasteiger partial charge in [0.15, 0.2) is 0 Å². The molecule has 0 atom stereocenters. The van der Waals surface area contributed by atoms with Gasteiger partial charge >= 0.3 is 7.12 Å². The Morgan fingerprint density at radius 3 is 1.86 bits per heavy atom. The third-order valence-corrected chi connectivity index (χ3v) is 11.3. The SMILES string of the molecule is CC1(C)c2ccccc2-c2ccc(N(c3ccc(-c4ccccc4)cc3)c3ccc4oc5cc(B6OC(C)(C)C(C)(C)O6)ccc5c4c3)cc21. The molecule has 246 valence electrons. The van der Waals surface area contributed by atoms with E-state index >= 15 is 0 Å². The van der Waals surface area contributed by atoms with Crippen LogP contribution < -0.4 is 10.4 Å². The van der Waals surface area contributed by atoms with Crippen molar-refractivity contribution in [1.82, 2.24) is 0 Å². The standard InChI is InChI=1S/C45H40BNO3/c1-43(2)39-15-11-10-14-35(39)36-24-21-34(28-40(36)43)47(32-19-16-30(17-20-32)29-12-8-7-9-13-29)33-22-25-41-38(27-33)37-23-18-31(26-42(37)48-41)46-49-44(3,4)45(5,6)50-46/h7-28H,1-6H3. The van der Waals surface area contributed by atoms with Crippen LogP contribution in [0.15, 0.2) is 138 Å². The van der Waals surface area contributed by atoms with Gasteiger partial charge in [0.05, 0.1) is 11.2 Å². The molecular weight excluding hydrogens is 613 g/mol. The van der Waals surface area contributed by atoms with Gasteiger partial charge in [-0.2, -0.15) is 0 Å². The maximum absolute atomic E-state index is 6.46. The zero-order valence-corrected chi connectivity index (χ0v) is 29.5. The molecule has 1 fully saturated rings. The topological polar surface area (TPSA) is 34.8 Å². The van der Waals surface area contributed by atoms with E-state index in [4.69, 9.17) is 13.7 Å². The van der Waals surface area contributed by atoms with E-state index in [9.17, 15) is 0 Å². The van der Waals surface area contributed by atoms with Gasteiger partial charge in [0.1, 0.15) is 11.2 Å². The van der Waals surface area contributed by atoms with Crippen LogP contribution in [-0.4, -0.2) is 18.3 Å². The molecule has 0 radical (unpaired) electrons. The van der Waals surface area contributed by atoms with Crippen molar-refractivity contribution in [1.29, 1.82) is 0 Å². The summed E-state index contributed by atoms with van der Waals surface area (Å²) in [6.07, 6.45) is 0. The summed E-state index contributed by atoms with van der Waals surface area (Å²) in [7, 11) is -0.447. The first-order valence-electron chi connectivity index (χ1n) is 17.5. The van der Waals surface area contributed by atoms with Gasteiger partial charge in [0.2, 0.25) is 0 Å². The van der Waals surface area contributed by atoms with Crippen molar-refractivity contribution < 1.29 is 13.7 Å². The van der Waals surface area contributed by atoms with Crippen LogP contribution in [0, 0.1) is 0 Å². The van der Waals surface area contributed by atoms with Gasteiger partial charge in [0.25, 0.3) is 0 Å². The molecule has 0 spiro atoms. The zero-order valence-electron chi connectivity index (χ0n) is 29.5. The molecule has 7 aromatic rings. The van der Waals surface area contributed by atoms with Crippen molar-refractivity contribution in [3.05, 3.63) is 145 Å². The summed E-state index contributed by atoms with van der Waals surface area (Å²) in [4.78, 5) is 2.37. The number of furan rings is 1. The van der Waals surface area contributed by atoms with E-state index in [1.54, 1.807) is 0 Å². The highest BCUT2D eigenvalue weighted by atomic mass is 16.7. The first kappa shape index (κ1) is 30.9. The minimum atomic E-state index is -0.447. The molecule has 6 aromatic carbocycles. The van der Waals surface area contributed by atoms with Crippen LogP contribution in [0.3, 0.4) is 0 Å². The number of anilines is 3. The van der Waals surface area contributed by atoms with E-state index in [1.807, 2.05) is 0 Å². The van der Waals surface area contributed by atoms with Gasteiger partial charge in [-0.15, -0.1) is 0 Å². The zero-order chi connectivity index (χ0) is 34.4. The summed E-state index contributed by atoms with van der Waals surface area (Å²) < 4.78 is 19.2. The van der Waals surface area contributed by atoms with Gasteiger partial charge in [0, 0.05) is 33.2 Å². The number of hydrogen-bond donors (Lipinski definition) is 0. The molecular formula is C45H40BNO3. The maximum Gasteiger partial charge on any atom is 0.494 e. The molecule has 1 aromatic heterocycles. The molecule has 0 amide bonds. The lowest BCUT2D eigenvalue weighted by molar-refractivity contribution is 0.00578. The summed E-state index contributed by atoms with van der Waals surface area (Å²) in [6, 6.07) is 48.0. The summed E-state index contributed by atoms with van der Waals surface area (Å²) in [5, 5.41) is 2.13. The van der Waals surface area contributed by atoms with Crippen molar-refractivity contribution >= 4 is 51.6 Å². The lowest BCUT2D eigenvalue weighted by Gasteiger charge is -2.32. The van der Waals surface area contributed by atoms with Gasteiger partial charge in [-0.25, -0.2) is 0 Å². The Morgan fingerprint density at radius 1 is 0.480 bits per heavy atom. The van der Waals surface area contributed by atoms with Crippen LogP contribution in [0.2, 0.25) is 0 Å². The van der Waals surface area contributed by atoms with Crippen LogP contribution in [0.4, 0.5) is 17.1 Å². The Labute approximate surface area is 294 Å². The molecule has 0 N–H and O–H groups in total. The number of benzene rings is 6. The number of rotatable bonds is 5. The molecule has 1 aliphatic heterocycles. The van der Waals surface area contributed by atoms with Crippen LogP contribution in [-0.2, 0) is 14.7 Å². The summed E-state index contributed by atoms with van der Waals surface area (Å²) in [5.41, 5.74) is 12.7. The van der Waals surface area contributed by atoms with E-state index in [-0.39, 0.29) is 5.41 Å². The smallest absolute Gasteiger partial charge is 0.456 e. The highest BCUT2D eigenvalue weighted by Gasteiger charge is 2.51. The molecule has 0 saturated carbocycles. The fourth-order valence-electron chi connectivity index (χ4n) is 7.76. The predicted molar refractivity (Wildman–Crippen MR) is 207 cm³/mol. The van der Waals surface area contributed by atoms with Crippen molar-refractivity contribution in [2.75, 3.05) is 4.90 Å². The highest BCUT2D eigenvalue weighted by Crippen LogP contribution is 2.51.